The standard InChI is InChI=1S/C15H21ClN2O2S/c1-12-2-3-13(10-14(12)16)17-15(19)11-21-9-6-18-4-7-20-8-5-18/h2-3,10H,4-9,11H2,1H3,(H,17,19). The van der Waals surface area contributed by atoms with Crippen molar-refractivity contribution in [1.82, 2.24) is 4.90 Å². The zero-order valence-electron chi connectivity index (χ0n) is 12.2. The highest BCUT2D eigenvalue weighted by Crippen LogP contribution is 2.20. The number of halogens is 1. The Hall–Kier alpha value is -0.750. The third kappa shape index (κ3) is 5.87. The quantitative estimate of drug-likeness (QED) is 0.815. The lowest BCUT2D eigenvalue weighted by atomic mass is 10.2. The lowest BCUT2D eigenvalue weighted by Crippen LogP contribution is -2.37. The third-order valence-corrected chi connectivity index (χ3v) is 4.69. The van der Waals surface area contributed by atoms with E-state index in [0.717, 1.165) is 49.9 Å². The number of carbonyl (C=O) groups is 1. The van der Waals surface area contributed by atoms with Gasteiger partial charge in [-0.3, -0.25) is 9.69 Å². The molecule has 0 atom stereocenters. The van der Waals surface area contributed by atoms with Crippen molar-refractivity contribution >= 4 is 35.0 Å². The van der Waals surface area contributed by atoms with Gasteiger partial charge in [0.2, 0.25) is 5.91 Å². The Balaban J connectivity index is 1.63. The smallest absolute Gasteiger partial charge is 0.234 e. The van der Waals surface area contributed by atoms with E-state index in [1.807, 2.05) is 19.1 Å². The van der Waals surface area contributed by atoms with Crippen LogP contribution in [0.1, 0.15) is 5.56 Å². The molecule has 1 aliphatic heterocycles. The fraction of sp³-hybridized carbons (Fsp3) is 0.533. The van der Waals surface area contributed by atoms with Gasteiger partial charge in [0.05, 0.1) is 19.0 Å². The number of morpholine rings is 1. The van der Waals surface area contributed by atoms with Crippen molar-refractivity contribution in [2.75, 3.05) is 49.7 Å². The molecule has 0 unspecified atom stereocenters. The summed E-state index contributed by atoms with van der Waals surface area (Å²) < 4.78 is 5.31. The molecule has 4 nitrogen and oxygen atoms in total. The van der Waals surface area contributed by atoms with Gasteiger partial charge in [-0.15, -0.1) is 0 Å². The first-order valence-corrected chi connectivity index (χ1v) is 8.62. The summed E-state index contributed by atoms with van der Waals surface area (Å²) in [6.45, 7) is 6.58. The minimum atomic E-state index is 0.0156. The molecule has 1 aromatic rings. The predicted molar refractivity (Wildman–Crippen MR) is 89.4 cm³/mol. The Morgan fingerprint density at radius 3 is 2.90 bits per heavy atom. The molecule has 0 bridgehead atoms. The van der Waals surface area contributed by atoms with Crippen molar-refractivity contribution in [2.24, 2.45) is 0 Å². The number of amides is 1. The molecule has 1 aromatic carbocycles. The summed E-state index contributed by atoms with van der Waals surface area (Å²) in [4.78, 5) is 14.2. The first-order chi connectivity index (χ1) is 10.1. The van der Waals surface area contributed by atoms with Gasteiger partial charge < -0.3 is 10.1 Å². The fourth-order valence-electron chi connectivity index (χ4n) is 2.05. The van der Waals surface area contributed by atoms with Crippen LogP contribution in [0, 0.1) is 6.92 Å². The maximum Gasteiger partial charge on any atom is 0.234 e. The molecule has 1 fully saturated rings. The zero-order valence-corrected chi connectivity index (χ0v) is 13.8. The second-order valence-electron chi connectivity index (χ2n) is 5.02. The van der Waals surface area contributed by atoms with Gasteiger partial charge in [0.25, 0.3) is 0 Å². The molecular weight excluding hydrogens is 308 g/mol. The lowest BCUT2D eigenvalue weighted by Gasteiger charge is -2.26. The summed E-state index contributed by atoms with van der Waals surface area (Å²) in [6, 6.07) is 5.56. The van der Waals surface area contributed by atoms with E-state index < -0.39 is 0 Å². The molecule has 116 valence electrons. The molecule has 1 aliphatic rings. The first kappa shape index (κ1) is 16.6. The molecule has 0 radical (unpaired) electrons. The van der Waals surface area contributed by atoms with E-state index in [2.05, 4.69) is 10.2 Å². The highest BCUT2D eigenvalue weighted by Gasteiger charge is 2.10. The van der Waals surface area contributed by atoms with Crippen LogP contribution in [0.4, 0.5) is 5.69 Å². The number of carbonyl (C=O) groups excluding carboxylic acids is 1. The monoisotopic (exact) mass is 328 g/mol. The summed E-state index contributed by atoms with van der Waals surface area (Å²) in [7, 11) is 0. The Morgan fingerprint density at radius 2 is 2.19 bits per heavy atom. The van der Waals surface area contributed by atoms with Crippen LogP contribution in [0.3, 0.4) is 0 Å². The topological polar surface area (TPSA) is 41.6 Å². The fourth-order valence-corrected chi connectivity index (χ4v) is 3.02. The predicted octanol–water partition coefficient (Wildman–Crippen LogP) is 2.65. The van der Waals surface area contributed by atoms with Gasteiger partial charge in [-0.25, -0.2) is 0 Å². The van der Waals surface area contributed by atoms with Crippen molar-refractivity contribution in [3.63, 3.8) is 0 Å². The Morgan fingerprint density at radius 1 is 1.43 bits per heavy atom. The van der Waals surface area contributed by atoms with Gasteiger partial charge in [0, 0.05) is 36.1 Å². The van der Waals surface area contributed by atoms with Gasteiger partial charge in [0.15, 0.2) is 0 Å². The van der Waals surface area contributed by atoms with E-state index in [1.54, 1.807) is 17.8 Å². The number of rotatable bonds is 6. The maximum atomic E-state index is 11.9. The van der Waals surface area contributed by atoms with Crippen LogP contribution in [-0.4, -0.2) is 55.2 Å². The highest BCUT2D eigenvalue weighted by molar-refractivity contribution is 7.99. The first-order valence-electron chi connectivity index (χ1n) is 7.09. The molecule has 0 aliphatic carbocycles. The number of thioether (sulfide) groups is 1. The van der Waals surface area contributed by atoms with Crippen molar-refractivity contribution in [2.45, 2.75) is 6.92 Å². The molecule has 1 N–H and O–H groups in total. The second kappa shape index (κ2) is 8.63. The molecule has 2 rings (SSSR count). The zero-order chi connectivity index (χ0) is 15.1. The van der Waals surface area contributed by atoms with Gasteiger partial charge in [-0.2, -0.15) is 11.8 Å². The molecule has 21 heavy (non-hydrogen) atoms. The molecule has 6 heteroatoms. The number of hydrogen-bond acceptors (Lipinski definition) is 4. The molecular formula is C15H21ClN2O2S. The number of hydrogen-bond donors (Lipinski definition) is 1. The minimum absolute atomic E-state index is 0.0156. The van der Waals surface area contributed by atoms with Crippen molar-refractivity contribution in [3.05, 3.63) is 28.8 Å². The summed E-state index contributed by atoms with van der Waals surface area (Å²) in [5.74, 6) is 1.44. The van der Waals surface area contributed by atoms with Crippen molar-refractivity contribution in [1.29, 1.82) is 0 Å². The molecule has 1 amide bonds. The van der Waals surface area contributed by atoms with Crippen LogP contribution in [0.5, 0.6) is 0 Å². The SMILES string of the molecule is Cc1ccc(NC(=O)CSCCN2CCOCC2)cc1Cl. The van der Waals surface area contributed by atoms with E-state index in [1.165, 1.54) is 0 Å². The second-order valence-corrected chi connectivity index (χ2v) is 6.53. The Bertz CT molecular complexity index is 479. The van der Waals surface area contributed by atoms with E-state index in [9.17, 15) is 4.79 Å². The van der Waals surface area contributed by atoms with Crippen LogP contribution in [0.15, 0.2) is 18.2 Å². The van der Waals surface area contributed by atoms with Crippen LogP contribution >= 0.6 is 23.4 Å². The van der Waals surface area contributed by atoms with E-state index in [-0.39, 0.29) is 5.91 Å². The number of benzene rings is 1. The van der Waals surface area contributed by atoms with E-state index in [0.29, 0.717) is 10.8 Å². The van der Waals surface area contributed by atoms with Crippen LogP contribution in [-0.2, 0) is 9.53 Å². The number of nitrogens with zero attached hydrogens (tertiary/aromatic N) is 1. The minimum Gasteiger partial charge on any atom is -0.379 e. The molecule has 0 saturated carbocycles. The normalized spacial score (nSPS) is 15.9. The number of anilines is 1. The molecule has 1 saturated heterocycles. The number of aryl methyl sites for hydroxylation is 1. The summed E-state index contributed by atoms with van der Waals surface area (Å²) in [5, 5.41) is 3.54. The van der Waals surface area contributed by atoms with E-state index >= 15 is 0 Å². The average Bonchev–Trinajstić information content (AvgIpc) is 2.49. The molecule has 0 spiro atoms. The van der Waals surface area contributed by atoms with Crippen molar-refractivity contribution in [3.8, 4) is 0 Å². The molecule has 1 heterocycles. The van der Waals surface area contributed by atoms with Gasteiger partial charge in [-0.05, 0) is 24.6 Å². The number of ether oxygens (including phenoxy) is 1. The summed E-state index contributed by atoms with van der Waals surface area (Å²) in [5.41, 5.74) is 1.76. The van der Waals surface area contributed by atoms with E-state index in [4.69, 9.17) is 16.3 Å². The lowest BCUT2D eigenvalue weighted by molar-refractivity contribution is -0.113. The third-order valence-electron chi connectivity index (χ3n) is 3.34. The van der Waals surface area contributed by atoms with Crippen molar-refractivity contribution < 1.29 is 9.53 Å². The Kier molecular flexibility index (Phi) is 6.83. The average molecular weight is 329 g/mol. The molecule has 0 aromatic heterocycles. The highest BCUT2D eigenvalue weighted by atomic mass is 35.5. The number of nitrogens with one attached hydrogen (secondary N) is 1. The van der Waals surface area contributed by atoms with Crippen LogP contribution in [0.25, 0.3) is 0 Å². The van der Waals surface area contributed by atoms with Gasteiger partial charge in [0.1, 0.15) is 0 Å². The summed E-state index contributed by atoms with van der Waals surface area (Å²) >= 11 is 7.69. The summed E-state index contributed by atoms with van der Waals surface area (Å²) in [6.07, 6.45) is 0. The maximum absolute atomic E-state index is 11.9. The van der Waals surface area contributed by atoms with Crippen LogP contribution < -0.4 is 5.32 Å². The van der Waals surface area contributed by atoms with Gasteiger partial charge >= 0.3 is 0 Å². The largest absolute Gasteiger partial charge is 0.379 e. The van der Waals surface area contributed by atoms with Crippen LogP contribution in [0.2, 0.25) is 5.02 Å². The Labute approximate surface area is 135 Å². The van der Waals surface area contributed by atoms with Gasteiger partial charge in [-0.1, -0.05) is 17.7 Å².